The molecule has 4 N–H and O–H groups in total. The van der Waals surface area contributed by atoms with Crippen molar-refractivity contribution in [3.8, 4) is 5.75 Å². The molecule has 2 unspecified atom stereocenters. The Morgan fingerprint density at radius 3 is 2.46 bits per heavy atom. The summed E-state index contributed by atoms with van der Waals surface area (Å²) in [7, 11) is 0. The Morgan fingerprint density at radius 1 is 1.15 bits per heavy atom. The lowest BCUT2D eigenvalue weighted by Gasteiger charge is -2.54. The molecular weight excluding hydrogens is 510 g/mol. The SMILES string of the molecule is CCC(=O)O[C@H]1[C@H]2C(C(=O)c3c(O)cccc3[C@@H]2COCCC(C)C)C(=O)[C@]2(O)C(=O)C(C(N)=O)C(=O)C[C@H]12. The number of aliphatic hydroxyl groups is 1. The average Bonchev–Trinajstić information content (AvgIpc) is 2.86. The van der Waals surface area contributed by atoms with Gasteiger partial charge in [0.2, 0.25) is 5.91 Å². The second kappa shape index (κ2) is 10.6. The number of benzene rings is 1. The molecule has 0 aromatic heterocycles. The Labute approximate surface area is 225 Å². The fourth-order valence-corrected chi connectivity index (χ4v) is 6.23. The molecule has 3 aliphatic rings. The van der Waals surface area contributed by atoms with Crippen molar-refractivity contribution in [2.24, 2.45) is 35.3 Å². The summed E-state index contributed by atoms with van der Waals surface area (Å²) in [6.45, 7) is 5.88. The van der Waals surface area contributed by atoms with Gasteiger partial charge < -0.3 is 25.4 Å². The van der Waals surface area contributed by atoms with E-state index < -0.39 is 88.5 Å². The number of Topliss-reactive ketones (excluding diaryl/α,β-unsaturated/α-hetero) is 4. The van der Waals surface area contributed by atoms with Gasteiger partial charge in [0.15, 0.2) is 34.7 Å². The van der Waals surface area contributed by atoms with Gasteiger partial charge in [-0.2, -0.15) is 0 Å². The van der Waals surface area contributed by atoms with Gasteiger partial charge in [0.25, 0.3) is 0 Å². The summed E-state index contributed by atoms with van der Waals surface area (Å²) in [5.74, 6) is -13.8. The van der Waals surface area contributed by atoms with Crippen molar-refractivity contribution < 1.29 is 48.5 Å². The van der Waals surface area contributed by atoms with Crippen LogP contribution in [0.2, 0.25) is 0 Å². The summed E-state index contributed by atoms with van der Waals surface area (Å²) in [6, 6.07) is 4.41. The number of ether oxygens (including phenoxy) is 2. The van der Waals surface area contributed by atoms with Crippen molar-refractivity contribution in [1.82, 2.24) is 0 Å². The van der Waals surface area contributed by atoms with Crippen LogP contribution in [-0.4, -0.2) is 70.1 Å². The molecule has 1 amide bonds. The number of nitrogens with two attached hydrogens (primary N) is 1. The van der Waals surface area contributed by atoms with Crippen molar-refractivity contribution in [1.29, 1.82) is 0 Å². The molecule has 1 aromatic carbocycles. The fourth-order valence-electron chi connectivity index (χ4n) is 6.23. The van der Waals surface area contributed by atoms with Crippen LogP contribution in [-0.2, 0) is 33.4 Å². The van der Waals surface area contributed by atoms with Crippen molar-refractivity contribution in [3.05, 3.63) is 29.3 Å². The summed E-state index contributed by atoms with van der Waals surface area (Å²) in [5, 5.41) is 22.3. The van der Waals surface area contributed by atoms with E-state index in [1.807, 2.05) is 13.8 Å². The van der Waals surface area contributed by atoms with Gasteiger partial charge in [-0.25, -0.2) is 0 Å². The zero-order valence-corrected chi connectivity index (χ0v) is 22.0. The number of phenols is 1. The third-order valence-electron chi connectivity index (χ3n) is 8.18. The molecule has 0 radical (unpaired) electrons. The molecule has 4 rings (SSSR count). The van der Waals surface area contributed by atoms with Crippen LogP contribution in [0.25, 0.3) is 0 Å². The third kappa shape index (κ3) is 4.57. The highest BCUT2D eigenvalue weighted by molar-refractivity contribution is 6.31. The number of hydrogen-bond donors (Lipinski definition) is 3. The number of rotatable bonds is 8. The molecule has 11 nitrogen and oxygen atoms in total. The molecule has 11 heteroatoms. The van der Waals surface area contributed by atoms with Gasteiger partial charge >= 0.3 is 5.97 Å². The first-order chi connectivity index (χ1) is 18.4. The molecule has 39 heavy (non-hydrogen) atoms. The first kappa shape index (κ1) is 28.6. The normalized spacial score (nSPS) is 31.9. The molecule has 0 saturated heterocycles. The third-order valence-corrected chi connectivity index (χ3v) is 8.18. The first-order valence-corrected chi connectivity index (χ1v) is 13.1. The van der Waals surface area contributed by atoms with Gasteiger partial charge in [-0.1, -0.05) is 32.9 Å². The predicted octanol–water partition coefficient (Wildman–Crippen LogP) is 0.862. The maximum absolute atomic E-state index is 14.0. The Bertz CT molecular complexity index is 1240. The summed E-state index contributed by atoms with van der Waals surface area (Å²) in [6.07, 6.45) is -1.45. The molecule has 3 aliphatic carbocycles. The largest absolute Gasteiger partial charge is 0.507 e. The van der Waals surface area contributed by atoms with Crippen molar-refractivity contribution in [3.63, 3.8) is 0 Å². The van der Waals surface area contributed by atoms with Crippen LogP contribution in [0.5, 0.6) is 5.75 Å². The Hall–Kier alpha value is -3.44. The number of esters is 1. The molecular formula is C28H33NO10. The fraction of sp³-hybridized carbons (Fsp3) is 0.571. The number of amides is 1. The minimum absolute atomic E-state index is 0.0258. The van der Waals surface area contributed by atoms with Crippen LogP contribution < -0.4 is 5.73 Å². The summed E-state index contributed by atoms with van der Waals surface area (Å²) in [4.78, 5) is 78.6. The highest BCUT2D eigenvalue weighted by Crippen LogP contribution is 2.55. The number of hydrogen-bond acceptors (Lipinski definition) is 10. The van der Waals surface area contributed by atoms with E-state index in [1.54, 1.807) is 6.07 Å². The highest BCUT2D eigenvalue weighted by atomic mass is 16.5. The van der Waals surface area contributed by atoms with Crippen molar-refractivity contribution >= 4 is 35.0 Å². The molecule has 0 spiro atoms. The van der Waals surface area contributed by atoms with E-state index in [2.05, 4.69) is 0 Å². The van der Waals surface area contributed by atoms with Crippen LogP contribution in [0.15, 0.2) is 18.2 Å². The number of carbonyl (C=O) groups excluding carboxylic acids is 6. The van der Waals surface area contributed by atoms with E-state index in [9.17, 15) is 39.0 Å². The van der Waals surface area contributed by atoms with E-state index in [0.717, 1.165) is 6.42 Å². The molecule has 0 bridgehead atoms. The van der Waals surface area contributed by atoms with Crippen LogP contribution in [0.4, 0.5) is 0 Å². The minimum Gasteiger partial charge on any atom is -0.507 e. The van der Waals surface area contributed by atoms with Crippen LogP contribution in [0.1, 0.15) is 61.9 Å². The van der Waals surface area contributed by atoms with Crippen LogP contribution >= 0.6 is 0 Å². The van der Waals surface area contributed by atoms with Gasteiger partial charge in [0.1, 0.15) is 11.9 Å². The monoisotopic (exact) mass is 543 g/mol. The molecule has 1 aromatic rings. The van der Waals surface area contributed by atoms with Crippen molar-refractivity contribution in [2.45, 2.75) is 57.7 Å². The Morgan fingerprint density at radius 2 is 1.85 bits per heavy atom. The number of carbonyl (C=O) groups is 6. The Kier molecular flexibility index (Phi) is 7.77. The van der Waals surface area contributed by atoms with E-state index in [0.29, 0.717) is 18.1 Å². The van der Waals surface area contributed by atoms with E-state index in [-0.39, 0.29) is 18.6 Å². The maximum Gasteiger partial charge on any atom is 0.305 e. The highest BCUT2D eigenvalue weighted by Gasteiger charge is 2.71. The van der Waals surface area contributed by atoms with Crippen molar-refractivity contribution in [2.75, 3.05) is 13.2 Å². The first-order valence-electron chi connectivity index (χ1n) is 13.1. The topological polar surface area (TPSA) is 187 Å². The van der Waals surface area contributed by atoms with Gasteiger partial charge in [-0.15, -0.1) is 0 Å². The Balaban J connectivity index is 1.90. The van der Waals surface area contributed by atoms with Gasteiger partial charge in [-0.3, -0.25) is 28.8 Å². The summed E-state index contributed by atoms with van der Waals surface area (Å²) < 4.78 is 11.6. The number of aromatic hydroxyl groups is 1. The molecule has 0 aliphatic heterocycles. The molecule has 210 valence electrons. The van der Waals surface area contributed by atoms with Gasteiger partial charge in [-0.05, 0) is 24.0 Å². The number of primary amides is 1. The average molecular weight is 544 g/mol. The molecule has 7 atom stereocenters. The predicted molar refractivity (Wildman–Crippen MR) is 133 cm³/mol. The van der Waals surface area contributed by atoms with Crippen LogP contribution in [0, 0.1) is 29.6 Å². The second-order valence-electron chi connectivity index (χ2n) is 10.9. The van der Waals surface area contributed by atoms with E-state index in [4.69, 9.17) is 15.2 Å². The van der Waals surface area contributed by atoms with Gasteiger partial charge in [0, 0.05) is 37.2 Å². The molecule has 0 heterocycles. The summed E-state index contributed by atoms with van der Waals surface area (Å²) in [5.41, 5.74) is 2.49. The second-order valence-corrected chi connectivity index (χ2v) is 10.9. The zero-order chi connectivity index (χ0) is 28.8. The number of ketones is 4. The lowest BCUT2D eigenvalue weighted by atomic mass is 9.50. The van der Waals surface area contributed by atoms with E-state index in [1.165, 1.54) is 19.1 Å². The lowest BCUT2D eigenvalue weighted by molar-refractivity contribution is -0.199. The zero-order valence-electron chi connectivity index (χ0n) is 22.0. The standard InChI is InChI=1S/C28H33NO10/c1-4-18(32)39-24-15-10-17(31)21(27(29)36)25(34)28(15,37)26(35)22-20(24)14(11-38-9-8-12(2)3)13-6-5-7-16(30)19(13)23(22)33/h5-7,12,14-15,20-22,24,30,37H,4,8-11H2,1-3H3,(H2,29,36)/t14-,15+,20+,21?,22?,24+,28+/m0/s1. The number of fused-ring (bicyclic) bond motifs is 3. The summed E-state index contributed by atoms with van der Waals surface area (Å²) >= 11 is 0. The quantitative estimate of drug-likeness (QED) is 0.241. The van der Waals surface area contributed by atoms with Crippen LogP contribution in [0.3, 0.4) is 0 Å². The lowest BCUT2D eigenvalue weighted by Crippen LogP contribution is -2.73. The number of phenolic OH excluding ortho intramolecular Hbond substituents is 1. The molecule has 2 fully saturated rings. The van der Waals surface area contributed by atoms with E-state index >= 15 is 0 Å². The maximum atomic E-state index is 14.0. The smallest absolute Gasteiger partial charge is 0.305 e. The molecule has 2 saturated carbocycles. The van der Waals surface area contributed by atoms with Gasteiger partial charge in [0.05, 0.1) is 18.1 Å². The minimum atomic E-state index is -2.98.